The summed E-state index contributed by atoms with van der Waals surface area (Å²) in [6.07, 6.45) is 0.333. The largest absolute Gasteiger partial charge is 0.340 e. The molecule has 0 saturated carbocycles. The maximum Gasteiger partial charge on any atom is 0.244 e. The van der Waals surface area contributed by atoms with Gasteiger partial charge in [-0.15, -0.1) is 0 Å². The lowest BCUT2D eigenvalue weighted by Crippen LogP contribution is -2.41. The van der Waals surface area contributed by atoms with Gasteiger partial charge in [-0.2, -0.15) is 5.26 Å². The summed E-state index contributed by atoms with van der Waals surface area (Å²) in [5.41, 5.74) is 6.82. The van der Waals surface area contributed by atoms with Crippen molar-refractivity contribution >= 4 is 5.91 Å². The van der Waals surface area contributed by atoms with Gasteiger partial charge >= 0.3 is 0 Å². The highest BCUT2D eigenvalue weighted by atomic mass is 16.2. The van der Waals surface area contributed by atoms with Crippen LogP contribution in [0.4, 0.5) is 0 Å². The van der Waals surface area contributed by atoms with E-state index in [1.54, 1.807) is 4.90 Å². The third-order valence-corrected chi connectivity index (χ3v) is 2.82. The van der Waals surface area contributed by atoms with Gasteiger partial charge in [0, 0.05) is 13.1 Å². The van der Waals surface area contributed by atoms with Crippen LogP contribution in [0, 0.1) is 17.2 Å². The number of carbonyl (C=O) groups is 1. The number of nitrogens with zero attached hydrogens (tertiary/aromatic N) is 2. The van der Waals surface area contributed by atoms with Crippen LogP contribution in [0.2, 0.25) is 0 Å². The number of nitrogens with two attached hydrogens (primary N) is 1. The number of hydrogen-bond acceptors (Lipinski definition) is 3. The minimum Gasteiger partial charge on any atom is -0.340 e. The summed E-state index contributed by atoms with van der Waals surface area (Å²) < 4.78 is 0. The van der Waals surface area contributed by atoms with Crippen molar-refractivity contribution in [1.29, 1.82) is 5.26 Å². The molecule has 4 heteroatoms. The third kappa shape index (κ3) is 4.72. The molecule has 102 valence electrons. The van der Waals surface area contributed by atoms with Crippen molar-refractivity contribution in [2.75, 3.05) is 13.1 Å². The summed E-state index contributed by atoms with van der Waals surface area (Å²) in [4.78, 5) is 14.1. The molecule has 1 rings (SSSR count). The van der Waals surface area contributed by atoms with E-state index in [1.807, 2.05) is 44.2 Å². The molecule has 0 aromatic heterocycles. The molecule has 1 atom stereocenters. The molecule has 1 aromatic carbocycles. The minimum absolute atomic E-state index is 0.116. The van der Waals surface area contributed by atoms with Crippen LogP contribution in [-0.2, 0) is 4.79 Å². The smallest absolute Gasteiger partial charge is 0.244 e. The summed E-state index contributed by atoms with van der Waals surface area (Å²) in [6, 6.07) is 10.7. The van der Waals surface area contributed by atoms with E-state index in [1.165, 1.54) is 0 Å². The molecule has 0 aliphatic carbocycles. The highest BCUT2D eigenvalue weighted by Gasteiger charge is 2.22. The van der Waals surface area contributed by atoms with Gasteiger partial charge in [0.05, 0.1) is 12.5 Å². The van der Waals surface area contributed by atoms with Crippen molar-refractivity contribution < 1.29 is 4.79 Å². The first-order valence-electron chi connectivity index (χ1n) is 6.52. The summed E-state index contributed by atoms with van der Waals surface area (Å²) >= 11 is 0. The van der Waals surface area contributed by atoms with Crippen molar-refractivity contribution in [2.45, 2.75) is 26.3 Å². The van der Waals surface area contributed by atoms with Crippen molar-refractivity contribution in [3.63, 3.8) is 0 Å². The van der Waals surface area contributed by atoms with Gasteiger partial charge in [0.25, 0.3) is 0 Å². The molecule has 0 spiro atoms. The Hall–Kier alpha value is -1.86. The molecule has 2 N–H and O–H groups in total. The Kier molecular flexibility index (Phi) is 6.04. The van der Waals surface area contributed by atoms with Crippen molar-refractivity contribution in [2.24, 2.45) is 11.7 Å². The van der Waals surface area contributed by atoms with Gasteiger partial charge in [0.1, 0.15) is 6.04 Å². The Morgan fingerprint density at radius 3 is 2.53 bits per heavy atom. The first-order valence-corrected chi connectivity index (χ1v) is 6.52. The maximum atomic E-state index is 12.4. The minimum atomic E-state index is -0.654. The van der Waals surface area contributed by atoms with E-state index in [2.05, 4.69) is 6.07 Å². The average molecular weight is 259 g/mol. The first kappa shape index (κ1) is 15.2. The van der Waals surface area contributed by atoms with Crippen LogP contribution in [0.25, 0.3) is 0 Å². The van der Waals surface area contributed by atoms with Crippen LogP contribution in [0.5, 0.6) is 0 Å². The molecular weight excluding hydrogens is 238 g/mol. The van der Waals surface area contributed by atoms with Gasteiger partial charge in [0.15, 0.2) is 0 Å². The average Bonchev–Trinajstić information content (AvgIpc) is 2.42. The number of nitriles is 1. The zero-order valence-electron chi connectivity index (χ0n) is 11.5. The molecular formula is C15H21N3O. The molecule has 0 aliphatic rings. The molecule has 0 saturated heterocycles. The molecule has 1 unspecified atom stereocenters. The lowest BCUT2D eigenvalue weighted by atomic mass is 10.1. The molecule has 0 bridgehead atoms. The molecule has 0 heterocycles. The summed E-state index contributed by atoms with van der Waals surface area (Å²) in [6.45, 7) is 5.15. The second-order valence-corrected chi connectivity index (χ2v) is 4.97. The fourth-order valence-corrected chi connectivity index (χ4v) is 1.92. The van der Waals surface area contributed by atoms with Crippen LogP contribution in [0.3, 0.4) is 0 Å². The standard InChI is InChI=1S/C15H21N3O/c1-12(2)11-18(10-6-9-16)15(19)14(17)13-7-4-3-5-8-13/h3-5,7-8,12,14H,6,10-11,17H2,1-2H3. The lowest BCUT2D eigenvalue weighted by Gasteiger charge is -2.26. The first-order chi connectivity index (χ1) is 9.06. The molecule has 1 aromatic rings. The molecule has 0 fully saturated rings. The Morgan fingerprint density at radius 1 is 1.37 bits per heavy atom. The quantitative estimate of drug-likeness (QED) is 0.850. The zero-order valence-corrected chi connectivity index (χ0v) is 11.5. The molecule has 19 heavy (non-hydrogen) atoms. The second kappa shape index (κ2) is 7.55. The topological polar surface area (TPSA) is 70.1 Å². The Balaban J connectivity index is 2.78. The Morgan fingerprint density at radius 2 is 2.00 bits per heavy atom. The molecule has 0 radical (unpaired) electrons. The van der Waals surface area contributed by atoms with Gasteiger partial charge in [0.2, 0.25) is 5.91 Å². The summed E-state index contributed by atoms with van der Waals surface area (Å²) in [5, 5.41) is 8.67. The van der Waals surface area contributed by atoms with Crippen LogP contribution in [-0.4, -0.2) is 23.9 Å². The van der Waals surface area contributed by atoms with Crippen LogP contribution in [0.1, 0.15) is 31.9 Å². The van der Waals surface area contributed by atoms with Crippen LogP contribution in [0.15, 0.2) is 30.3 Å². The Bertz CT molecular complexity index is 436. The molecule has 0 aliphatic heterocycles. The van der Waals surface area contributed by atoms with Gasteiger partial charge < -0.3 is 10.6 Å². The normalized spacial score (nSPS) is 11.9. The Labute approximate surface area is 114 Å². The van der Waals surface area contributed by atoms with E-state index in [4.69, 9.17) is 11.0 Å². The van der Waals surface area contributed by atoms with E-state index in [9.17, 15) is 4.79 Å². The highest BCUT2D eigenvalue weighted by molar-refractivity contribution is 5.83. The van der Waals surface area contributed by atoms with E-state index < -0.39 is 6.04 Å². The number of benzene rings is 1. The third-order valence-electron chi connectivity index (χ3n) is 2.82. The highest BCUT2D eigenvalue weighted by Crippen LogP contribution is 2.14. The SMILES string of the molecule is CC(C)CN(CCC#N)C(=O)C(N)c1ccccc1. The van der Waals surface area contributed by atoms with E-state index in [-0.39, 0.29) is 5.91 Å². The summed E-state index contributed by atoms with van der Waals surface area (Å²) in [5.74, 6) is 0.237. The van der Waals surface area contributed by atoms with Crippen molar-refractivity contribution in [3.05, 3.63) is 35.9 Å². The fraction of sp³-hybridized carbons (Fsp3) is 0.467. The van der Waals surface area contributed by atoms with Gasteiger partial charge in [-0.3, -0.25) is 4.79 Å². The number of carbonyl (C=O) groups excluding carboxylic acids is 1. The molecule has 1 amide bonds. The second-order valence-electron chi connectivity index (χ2n) is 4.97. The van der Waals surface area contributed by atoms with E-state index >= 15 is 0 Å². The van der Waals surface area contributed by atoms with Crippen LogP contribution >= 0.6 is 0 Å². The van der Waals surface area contributed by atoms with Crippen molar-refractivity contribution in [1.82, 2.24) is 4.90 Å². The number of rotatable bonds is 6. The van der Waals surface area contributed by atoms with Crippen LogP contribution < -0.4 is 5.73 Å². The summed E-state index contributed by atoms with van der Waals surface area (Å²) in [7, 11) is 0. The molecule has 4 nitrogen and oxygen atoms in total. The number of amides is 1. The zero-order chi connectivity index (χ0) is 14.3. The maximum absolute atomic E-state index is 12.4. The van der Waals surface area contributed by atoms with E-state index in [0.29, 0.717) is 25.4 Å². The van der Waals surface area contributed by atoms with Crippen molar-refractivity contribution in [3.8, 4) is 6.07 Å². The fourth-order valence-electron chi connectivity index (χ4n) is 1.92. The number of hydrogen-bond donors (Lipinski definition) is 1. The van der Waals surface area contributed by atoms with Gasteiger partial charge in [-0.05, 0) is 11.5 Å². The predicted molar refractivity (Wildman–Crippen MR) is 75.0 cm³/mol. The lowest BCUT2D eigenvalue weighted by molar-refractivity contribution is -0.133. The van der Waals surface area contributed by atoms with E-state index in [0.717, 1.165) is 5.56 Å². The van der Waals surface area contributed by atoms with Gasteiger partial charge in [-0.1, -0.05) is 44.2 Å². The van der Waals surface area contributed by atoms with Gasteiger partial charge in [-0.25, -0.2) is 0 Å². The monoisotopic (exact) mass is 259 g/mol. The predicted octanol–water partition coefficient (Wildman–Crippen LogP) is 2.08.